The molecule has 0 aliphatic carbocycles. The summed E-state index contributed by atoms with van der Waals surface area (Å²) in [5.74, 6) is 1.04. The average Bonchev–Trinajstić information content (AvgIpc) is 2.14. The van der Waals surface area contributed by atoms with E-state index in [4.69, 9.17) is 9.31 Å². The van der Waals surface area contributed by atoms with Gasteiger partial charge >= 0.3 is 7.12 Å². The van der Waals surface area contributed by atoms with Crippen molar-refractivity contribution >= 4 is 7.12 Å². The molecule has 10 heavy (non-hydrogen) atoms. The lowest BCUT2D eigenvalue weighted by Gasteiger charge is -1.96. The molecule has 0 aromatic rings. The van der Waals surface area contributed by atoms with Crippen LogP contribution in [0.4, 0.5) is 0 Å². The van der Waals surface area contributed by atoms with E-state index in [9.17, 15) is 0 Å². The minimum absolute atomic E-state index is 0.252. The van der Waals surface area contributed by atoms with Gasteiger partial charge in [0.2, 0.25) is 0 Å². The molecule has 0 saturated carbocycles. The zero-order valence-corrected chi connectivity index (χ0v) is 5.80. The number of allylic oxidation sites excluding steroid dienone is 1. The van der Waals surface area contributed by atoms with E-state index >= 15 is 0 Å². The topological polar surface area (TPSA) is 18.5 Å². The van der Waals surface area contributed by atoms with E-state index < -0.39 is 0 Å². The van der Waals surface area contributed by atoms with Crippen molar-refractivity contribution in [3.8, 4) is 0 Å². The first kappa shape index (κ1) is 7.00. The van der Waals surface area contributed by atoms with E-state index in [0.717, 1.165) is 0 Å². The van der Waals surface area contributed by atoms with Crippen molar-refractivity contribution in [2.75, 3.05) is 0 Å². The fraction of sp³-hybridized carbons (Fsp3) is 0.143. The summed E-state index contributed by atoms with van der Waals surface area (Å²) in [6, 6.07) is 0. The summed E-state index contributed by atoms with van der Waals surface area (Å²) in [6.45, 7) is 10.7. The van der Waals surface area contributed by atoms with Crippen LogP contribution in [-0.4, -0.2) is 7.12 Å². The van der Waals surface area contributed by atoms with Crippen LogP contribution in [0.3, 0.4) is 0 Å². The van der Waals surface area contributed by atoms with E-state index in [1.807, 2.05) is 0 Å². The monoisotopic (exact) mass is 136 g/mol. The van der Waals surface area contributed by atoms with Crippen LogP contribution in [0.15, 0.2) is 37.3 Å². The highest BCUT2D eigenvalue weighted by molar-refractivity contribution is 6.46. The van der Waals surface area contributed by atoms with Gasteiger partial charge in [-0.25, -0.2) is 0 Å². The average molecular weight is 136 g/mol. The zero-order valence-electron chi connectivity index (χ0n) is 5.80. The van der Waals surface area contributed by atoms with Gasteiger partial charge in [-0.15, -0.1) is 6.58 Å². The third-order valence-corrected chi connectivity index (χ3v) is 1.22. The van der Waals surface area contributed by atoms with Crippen LogP contribution < -0.4 is 0 Å². The molecule has 1 aliphatic heterocycles. The lowest BCUT2D eigenvalue weighted by molar-refractivity contribution is 0.417. The maximum absolute atomic E-state index is 5.13. The first-order chi connectivity index (χ1) is 4.74. The molecule has 1 heterocycles. The molecule has 0 aromatic carbocycles. The molecule has 0 atom stereocenters. The molecule has 0 aromatic heterocycles. The van der Waals surface area contributed by atoms with E-state index in [-0.39, 0.29) is 7.12 Å². The largest absolute Gasteiger partial charge is 0.598 e. The van der Waals surface area contributed by atoms with Crippen LogP contribution in [-0.2, 0) is 9.31 Å². The summed E-state index contributed by atoms with van der Waals surface area (Å²) in [5.41, 5.74) is 0. The Hall–Kier alpha value is -1.12. The van der Waals surface area contributed by atoms with Gasteiger partial charge in [-0.1, -0.05) is 19.2 Å². The molecular formula is C7H9BO2. The fourth-order valence-corrected chi connectivity index (χ4v) is 0.705. The van der Waals surface area contributed by atoms with Gasteiger partial charge in [0, 0.05) is 6.32 Å². The molecule has 0 amide bonds. The Morgan fingerprint density at radius 1 is 1.30 bits per heavy atom. The molecule has 1 saturated heterocycles. The molecular weight excluding hydrogens is 127 g/mol. The number of hydrogen-bond donors (Lipinski definition) is 0. The van der Waals surface area contributed by atoms with Crippen LogP contribution >= 0.6 is 0 Å². The van der Waals surface area contributed by atoms with Crippen molar-refractivity contribution in [2.24, 2.45) is 0 Å². The minimum atomic E-state index is -0.252. The van der Waals surface area contributed by atoms with E-state index in [1.165, 1.54) is 0 Å². The van der Waals surface area contributed by atoms with Gasteiger partial charge < -0.3 is 9.31 Å². The van der Waals surface area contributed by atoms with Crippen LogP contribution in [0.2, 0.25) is 6.32 Å². The molecule has 0 radical (unpaired) electrons. The predicted octanol–water partition coefficient (Wildman–Crippen LogP) is 1.73. The third kappa shape index (κ3) is 1.24. The van der Waals surface area contributed by atoms with Gasteiger partial charge in [-0.3, -0.25) is 0 Å². The summed E-state index contributed by atoms with van der Waals surface area (Å²) in [4.78, 5) is 0. The van der Waals surface area contributed by atoms with Crippen LogP contribution in [0.1, 0.15) is 0 Å². The molecule has 1 aliphatic rings. The highest BCUT2D eigenvalue weighted by Gasteiger charge is 2.30. The Morgan fingerprint density at radius 2 is 1.80 bits per heavy atom. The van der Waals surface area contributed by atoms with Gasteiger partial charge in [-0.2, -0.15) is 0 Å². The van der Waals surface area contributed by atoms with Crippen LogP contribution in [0, 0.1) is 0 Å². The molecule has 0 unspecified atom stereocenters. The SMILES string of the molecule is C=CCB1OC(=C)C(=C)O1. The zero-order chi connectivity index (χ0) is 7.56. The molecule has 1 rings (SSSR count). The van der Waals surface area contributed by atoms with Crippen molar-refractivity contribution < 1.29 is 9.31 Å². The van der Waals surface area contributed by atoms with E-state index in [0.29, 0.717) is 17.8 Å². The minimum Gasteiger partial charge on any atom is -0.523 e. The fourth-order valence-electron chi connectivity index (χ4n) is 0.705. The summed E-state index contributed by atoms with van der Waals surface area (Å²) in [6.07, 6.45) is 2.40. The van der Waals surface area contributed by atoms with Crippen molar-refractivity contribution in [3.05, 3.63) is 37.3 Å². The molecule has 1 fully saturated rings. The Kier molecular flexibility index (Phi) is 1.85. The Morgan fingerprint density at radius 3 is 2.20 bits per heavy atom. The molecule has 0 bridgehead atoms. The second-order valence-corrected chi connectivity index (χ2v) is 2.04. The van der Waals surface area contributed by atoms with Gasteiger partial charge in [0.25, 0.3) is 0 Å². The highest BCUT2D eigenvalue weighted by atomic mass is 16.6. The Balaban J connectivity index is 2.48. The third-order valence-electron chi connectivity index (χ3n) is 1.22. The van der Waals surface area contributed by atoms with Gasteiger partial charge in [0.05, 0.1) is 0 Å². The van der Waals surface area contributed by atoms with Crippen molar-refractivity contribution in [3.63, 3.8) is 0 Å². The van der Waals surface area contributed by atoms with Gasteiger partial charge in [0.1, 0.15) is 11.5 Å². The first-order valence-electron chi connectivity index (χ1n) is 3.06. The lowest BCUT2D eigenvalue weighted by Crippen LogP contribution is -2.10. The van der Waals surface area contributed by atoms with E-state index in [1.54, 1.807) is 6.08 Å². The van der Waals surface area contributed by atoms with Gasteiger partial charge in [0.15, 0.2) is 0 Å². The summed E-state index contributed by atoms with van der Waals surface area (Å²) < 4.78 is 10.3. The first-order valence-corrected chi connectivity index (χ1v) is 3.06. The molecule has 0 spiro atoms. The summed E-state index contributed by atoms with van der Waals surface area (Å²) >= 11 is 0. The van der Waals surface area contributed by atoms with Gasteiger partial charge in [-0.05, 0) is 0 Å². The van der Waals surface area contributed by atoms with Crippen LogP contribution in [0.5, 0.6) is 0 Å². The lowest BCUT2D eigenvalue weighted by atomic mass is 9.86. The normalized spacial score (nSPS) is 16.6. The predicted molar refractivity (Wildman–Crippen MR) is 41.2 cm³/mol. The molecule has 0 N–H and O–H groups in total. The maximum atomic E-state index is 5.13. The Bertz CT molecular complexity index is 170. The quantitative estimate of drug-likeness (QED) is 0.425. The standard InChI is InChI=1S/C7H9BO2/c1-4-5-8-9-6(2)7(3)10-8/h4H,1-3,5H2. The Labute approximate surface area is 61.0 Å². The highest BCUT2D eigenvalue weighted by Crippen LogP contribution is 2.22. The summed E-state index contributed by atoms with van der Waals surface area (Å²) in [5, 5.41) is 0. The number of rotatable bonds is 2. The molecule has 52 valence electrons. The van der Waals surface area contributed by atoms with Crippen molar-refractivity contribution in [1.29, 1.82) is 0 Å². The summed E-state index contributed by atoms with van der Waals surface area (Å²) in [7, 11) is -0.252. The van der Waals surface area contributed by atoms with Crippen LogP contribution in [0.25, 0.3) is 0 Å². The van der Waals surface area contributed by atoms with Crippen molar-refractivity contribution in [1.82, 2.24) is 0 Å². The molecule has 2 nitrogen and oxygen atoms in total. The number of hydrogen-bond acceptors (Lipinski definition) is 2. The second kappa shape index (κ2) is 2.65. The second-order valence-electron chi connectivity index (χ2n) is 2.04. The smallest absolute Gasteiger partial charge is 0.523 e. The maximum Gasteiger partial charge on any atom is 0.598 e. The van der Waals surface area contributed by atoms with E-state index in [2.05, 4.69) is 19.7 Å². The molecule has 3 heteroatoms. The van der Waals surface area contributed by atoms with Crippen molar-refractivity contribution in [2.45, 2.75) is 6.32 Å².